The summed E-state index contributed by atoms with van der Waals surface area (Å²) < 4.78 is 63.5. The first kappa shape index (κ1) is 25.4. The van der Waals surface area contributed by atoms with Gasteiger partial charge in [0.05, 0.1) is 0 Å². The molecule has 0 aromatic carbocycles. The molecule has 0 aliphatic heterocycles. The standard InChI is InChI=1S/C5H10N2O2.2C2HF3O2/c6-4(8)2-1-3-5(7)9;2*3-2(4,5)1(6)7/h1-3H2,(H2,6,8)(H2,7,9);2*(H,6,7). The van der Waals surface area contributed by atoms with Crippen LogP contribution in [0.25, 0.3) is 0 Å². The Labute approximate surface area is 124 Å². The number of primary amides is 2. The zero-order valence-electron chi connectivity index (χ0n) is 11.1. The third-order valence-electron chi connectivity index (χ3n) is 1.33. The number of halogens is 6. The van der Waals surface area contributed by atoms with Crippen molar-refractivity contribution in [2.75, 3.05) is 0 Å². The molecule has 136 valence electrons. The van der Waals surface area contributed by atoms with Crippen molar-refractivity contribution in [1.82, 2.24) is 0 Å². The molecular formula is C9H12F6N2O6. The number of carbonyl (C=O) groups excluding carboxylic acids is 2. The van der Waals surface area contributed by atoms with Crippen LogP contribution >= 0.6 is 0 Å². The van der Waals surface area contributed by atoms with Crippen molar-refractivity contribution in [3.63, 3.8) is 0 Å². The zero-order chi connectivity index (χ0) is 19.4. The van der Waals surface area contributed by atoms with Gasteiger partial charge in [-0.1, -0.05) is 0 Å². The highest BCUT2D eigenvalue weighted by molar-refractivity contribution is 5.76. The zero-order valence-corrected chi connectivity index (χ0v) is 11.1. The maximum absolute atomic E-state index is 10.6. The lowest BCUT2D eigenvalue weighted by Gasteiger charge is -1.93. The molecule has 0 fully saturated rings. The molecule has 0 aromatic heterocycles. The van der Waals surface area contributed by atoms with Crippen molar-refractivity contribution in [3.05, 3.63) is 0 Å². The summed E-state index contributed by atoms with van der Waals surface area (Å²) in [6, 6.07) is 0. The van der Waals surface area contributed by atoms with Crippen molar-refractivity contribution in [2.24, 2.45) is 11.5 Å². The minimum atomic E-state index is -5.08. The average molecular weight is 358 g/mol. The SMILES string of the molecule is NC(=O)CCCC(N)=O.O=C(O)C(F)(F)F.O=C(O)C(F)(F)F. The number of nitrogens with two attached hydrogens (primary N) is 2. The molecule has 0 heterocycles. The maximum Gasteiger partial charge on any atom is 0.490 e. The molecule has 0 saturated carbocycles. The Morgan fingerprint density at radius 2 is 0.870 bits per heavy atom. The summed E-state index contributed by atoms with van der Waals surface area (Å²) in [5.74, 6) is -6.30. The van der Waals surface area contributed by atoms with Gasteiger partial charge >= 0.3 is 24.3 Å². The molecule has 2 amide bonds. The van der Waals surface area contributed by atoms with Gasteiger partial charge in [0.1, 0.15) is 0 Å². The van der Waals surface area contributed by atoms with E-state index in [1.807, 2.05) is 0 Å². The Bertz CT molecular complexity index is 382. The van der Waals surface area contributed by atoms with Crippen molar-refractivity contribution < 1.29 is 55.7 Å². The van der Waals surface area contributed by atoms with E-state index in [4.69, 9.17) is 31.3 Å². The lowest BCUT2D eigenvalue weighted by Crippen LogP contribution is -2.21. The van der Waals surface area contributed by atoms with Gasteiger partial charge in [0, 0.05) is 12.8 Å². The first-order chi connectivity index (χ1) is 10.0. The van der Waals surface area contributed by atoms with Gasteiger partial charge in [-0.3, -0.25) is 9.59 Å². The number of aliphatic carboxylic acids is 2. The summed E-state index contributed by atoms with van der Waals surface area (Å²) >= 11 is 0. The van der Waals surface area contributed by atoms with Crippen LogP contribution in [0.1, 0.15) is 19.3 Å². The van der Waals surface area contributed by atoms with Gasteiger partial charge in [0.15, 0.2) is 0 Å². The Morgan fingerprint density at radius 3 is 0.957 bits per heavy atom. The average Bonchev–Trinajstić information content (AvgIpc) is 2.26. The van der Waals surface area contributed by atoms with Crippen LogP contribution < -0.4 is 11.5 Å². The van der Waals surface area contributed by atoms with E-state index in [9.17, 15) is 35.9 Å². The summed E-state index contributed by atoms with van der Waals surface area (Å²) in [4.78, 5) is 37.9. The third kappa shape index (κ3) is 24.8. The number of carbonyl (C=O) groups is 4. The van der Waals surface area contributed by atoms with Gasteiger partial charge in [-0.15, -0.1) is 0 Å². The molecule has 6 N–H and O–H groups in total. The number of alkyl halides is 6. The van der Waals surface area contributed by atoms with Crippen LogP contribution in [0.2, 0.25) is 0 Å². The largest absolute Gasteiger partial charge is 0.490 e. The topological polar surface area (TPSA) is 161 Å². The molecule has 0 aromatic rings. The second-order valence-electron chi connectivity index (χ2n) is 3.39. The summed E-state index contributed by atoms with van der Waals surface area (Å²) in [5, 5.41) is 14.2. The highest BCUT2D eigenvalue weighted by atomic mass is 19.4. The second-order valence-corrected chi connectivity index (χ2v) is 3.39. The molecule has 0 rings (SSSR count). The quantitative estimate of drug-likeness (QED) is 0.532. The molecule has 0 aliphatic rings. The fourth-order valence-electron chi connectivity index (χ4n) is 0.437. The van der Waals surface area contributed by atoms with Gasteiger partial charge in [-0.05, 0) is 6.42 Å². The second kappa shape index (κ2) is 11.1. The Balaban J connectivity index is -0.000000264. The van der Waals surface area contributed by atoms with E-state index >= 15 is 0 Å². The number of hydrogen-bond acceptors (Lipinski definition) is 4. The summed E-state index contributed by atoms with van der Waals surface area (Å²) in [7, 11) is 0. The molecule has 0 saturated heterocycles. The van der Waals surface area contributed by atoms with Crippen LogP contribution in [0.4, 0.5) is 26.3 Å². The van der Waals surface area contributed by atoms with Crippen LogP contribution in [-0.4, -0.2) is 46.3 Å². The highest BCUT2D eigenvalue weighted by Crippen LogP contribution is 2.13. The van der Waals surface area contributed by atoms with Gasteiger partial charge in [-0.25, -0.2) is 9.59 Å². The van der Waals surface area contributed by atoms with E-state index in [1.165, 1.54) is 0 Å². The van der Waals surface area contributed by atoms with Gasteiger partial charge in [0.25, 0.3) is 0 Å². The van der Waals surface area contributed by atoms with Crippen molar-refractivity contribution in [2.45, 2.75) is 31.6 Å². The predicted octanol–water partition coefficient (Wildman–Crippen LogP) is 0.394. The molecule has 0 radical (unpaired) electrons. The van der Waals surface area contributed by atoms with E-state index in [1.54, 1.807) is 0 Å². The summed E-state index contributed by atoms with van der Waals surface area (Å²) in [6.45, 7) is 0. The fourth-order valence-corrected chi connectivity index (χ4v) is 0.437. The van der Waals surface area contributed by atoms with E-state index in [0.717, 1.165) is 0 Å². The predicted molar refractivity (Wildman–Crippen MR) is 59.6 cm³/mol. The van der Waals surface area contributed by atoms with Crippen molar-refractivity contribution >= 4 is 23.8 Å². The number of carboxylic acid groups (broad SMARTS) is 2. The molecule has 0 unspecified atom stereocenters. The normalized spacial score (nSPS) is 10.3. The molecule has 0 atom stereocenters. The molecule has 14 heteroatoms. The van der Waals surface area contributed by atoms with Crippen LogP contribution in [0, 0.1) is 0 Å². The molecule has 0 aliphatic carbocycles. The summed E-state index contributed by atoms with van der Waals surface area (Å²) in [5.41, 5.74) is 9.58. The lowest BCUT2D eigenvalue weighted by atomic mass is 10.2. The van der Waals surface area contributed by atoms with E-state index < -0.39 is 36.1 Å². The molecular weight excluding hydrogens is 346 g/mol. The van der Waals surface area contributed by atoms with Crippen LogP contribution in [0.5, 0.6) is 0 Å². The van der Waals surface area contributed by atoms with Gasteiger partial charge in [0.2, 0.25) is 11.8 Å². The number of hydrogen-bond donors (Lipinski definition) is 4. The fraction of sp³-hybridized carbons (Fsp3) is 0.556. The van der Waals surface area contributed by atoms with E-state index in [0.29, 0.717) is 6.42 Å². The maximum atomic E-state index is 10.6. The number of amides is 2. The lowest BCUT2D eigenvalue weighted by molar-refractivity contribution is -0.193. The number of carboxylic acids is 2. The van der Waals surface area contributed by atoms with Crippen LogP contribution in [0.15, 0.2) is 0 Å². The Hall–Kier alpha value is -2.54. The Morgan fingerprint density at radius 1 is 0.696 bits per heavy atom. The summed E-state index contributed by atoms with van der Waals surface area (Å²) in [6.07, 6.45) is -9.23. The first-order valence-electron chi connectivity index (χ1n) is 5.18. The van der Waals surface area contributed by atoms with Crippen LogP contribution in [0.3, 0.4) is 0 Å². The van der Waals surface area contributed by atoms with Crippen LogP contribution in [-0.2, 0) is 19.2 Å². The highest BCUT2D eigenvalue weighted by Gasteiger charge is 2.38. The monoisotopic (exact) mass is 358 g/mol. The van der Waals surface area contributed by atoms with Gasteiger partial charge in [-0.2, -0.15) is 26.3 Å². The van der Waals surface area contributed by atoms with Crippen molar-refractivity contribution in [3.8, 4) is 0 Å². The van der Waals surface area contributed by atoms with E-state index in [2.05, 4.69) is 0 Å². The minimum absolute atomic E-state index is 0.239. The first-order valence-corrected chi connectivity index (χ1v) is 5.18. The molecule has 8 nitrogen and oxygen atoms in total. The molecule has 23 heavy (non-hydrogen) atoms. The molecule has 0 bridgehead atoms. The smallest absolute Gasteiger partial charge is 0.475 e. The number of rotatable bonds is 4. The molecule has 0 spiro atoms. The van der Waals surface area contributed by atoms with Gasteiger partial charge < -0.3 is 21.7 Å². The Kier molecular flexibility index (Phi) is 12.2. The van der Waals surface area contributed by atoms with Crippen molar-refractivity contribution in [1.29, 1.82) is 0 Å². The minimum Gasteiger partial charge on any atom is -0.475 e. The third-order valence-corrected chi connectivity index (χ3v) is 1.33. The van der Waals surface area contributed by atoms with E-state index in [-0.39, 0.29) is 12.8 Å².